The van der Waals surface area contributed by atoms with E-state index in [0.717, 1.165) is 25.7 Å². The highest BCUT2D eigenvalue weighted by atomic mass is 16.5. The van der Waals surface area contributed by atoms with Gasteiger partial charge in [-0.2, -0.15) is 0 Å². The van der Waals surface area contributed by atoms with Crippen molar-refractivity contribution in [2.24, 2.45) is 11.8 Å². The highest BCUT2D eigenvalue weighted by Gasteiger charge is 2.30. The fraction of sp³-hybridized carbons (Fsp3) is 0.889. The lowest BCUT2D eigenvalue weighted by atomic mass is 9.80. The van der Waals surface area contributed by atoms with Crippen LogP contribution in [0.25, 0.3) is 0 Å². The Kier molecular flexibility index (Phi) is 3.53. The van der Waals surface area contributed by atoms with Gasteiger partial charge < -0.3 is 9.84 Å². The molecule has 0 saturated heterocycles. The fourth-order valence-electron chi connectivity index (χ4n) is 1.89. The van der Waals surface area contributed by atoms with Gasteiger partial charge in [0.05, 0.1) is 13.0 Å². The number of ether oxygens (including phenoxy) is 1. The Labute approximate surface area is 72.7 Å². The number of rotatable bonds is 2. The molecule has 0 aliphatic heterocycles. The second kappa shape index (κ2) is 4.45. The molecule has 1 aliphatic carbocycles. The third kappa shape index (κ3) is 1.97. The predicted octanol–water partition coefficient (Wildman–Crippen LogP) is 0.958. The Bertz CT molecular complexity index is 156. The van der Waals surface area contributed by atoms with Crippen molar-refractivity contribution in [3.05, 3.63) is 0 Å². The van der Waals surface area contributed by atoms with Crippen molar-refractivity contribution >= 4 is 5.97 Å². The summed E-state index contributed by atoms with van der Waals surface area (Å²) in [4.78, 5) is 11.2. The third-order valence-electron chi connectivity index (χ3n) is 2.65. The largest absolute Gasteiger partial charge is 0.469 e. The van der Waals surface area contributed by atoms with Crippen LogP contribution in [0.1, 0.15) is 25.7 Å². The van der Waals surface area contributed by atoms with Gasteiger partial charge in [0.15, 0.2) is 0 Å². The maximum Gasteiger partial charge on any atom is 0.309 e. The second-order valence-corrected chi connectivity index (χ2v) is 3.36. The van der Waals surface area contributed by atoms with Gasteiger partial charge in [0.1, 0.15) is 0 Å². The van der Waals surface area contributed by atoms with E-state index in [-0.39, 0.29) is 24.4 Å². The van der Waals surface area contributed by atoms with Crippen LogP contribution in [-0.4, -0.2) is 24.8 Å². The van der Waals surface area contributed by atoms with Gasteiger partial charge in [-0.05, 0) is 18.8 Å². The number of hydrogen-bond acceptors (Lipinski definition) is 3. The van der Waals surface area contributed by atoms with Gasteiger partial charge in [-0.15, -0.1) is 0 Å². The average molecular weight is 172 g/mol. The minimum absolute atomic E-state index is 0.0613. The van der Waals surface area contributed by atoms with Gasteiger partial charge >= 0.3 is 5.97 Å². The molecule has 0 bridgehead atoms. The monoisotopic (exact) mass is 172 g/mol. The van der Waals surface area contributed by atoms with Crippen molar-refractivity contribution in [2.75, 3.05) is 13.7 Å². The summed E-state index contributed by atoms with van der Waals surface area (Å²) in [7, 11) is 1.41. The molecule has 3 heteroatoms. The molecule has 0 radical (unpaired) electrons. The van der Waals surface area contributed by atoms with Crippen LogP contribution < -0.4 is 0 Å². The van der Waals surface area contributed by atoms with E-state index in [1.54, 1.807) is 0 Å². The van der Waals surface area contributed by atoms with E-state index in [9.17, 15) is 4.79 Å². The maximum absolute atomic E-state index is 11.2. The van der Waals surface area contributed by atoms with E-state index in [2.05, 4.69) is 4.74 Å². The molecule has 0 unspecified atom stereocenters. The number of aliphatic hydroxyl groups is 1. The molecule has 70 valence electrons. The molecule has 2 atom stereocenters. The highest BCUT2D eigenvalue weighted by molar-refractivity contribution is 5.72. The normalized spacial score (nSPS) is 29.8. The first-order valence-corrected chi connectivity index (χ1v) is 4.48. The van der Waals surface area contributed by atoms with E-state index < -0.39 is 0 Å². The summed E-state index contributed by atoms with van der Waals surface area (Å²) in [5, 5.41) is 9.00. The summed E-state index contributed by atoms with van der Waals surface area (Å²) in [5.41, 5.74) is 0. The average Bonchev–Trinajstić information content (AvgIpc) is 2.16. The van der Waals surface area contributed by atoms with Crippen LogP contribution in [0.5, 0.6) is 0 Å². The van der Waals surface area contributed by atoms with Crippen molar-refractivity contribution in [3.63, 3.8) is 0 Å². The molecule has 12 heavy (non-hydrogen) atoms. The van der Waals surface area contributed by atoms with Crippen LogP contribution >= 0.6 is 0 Å². The van der Waals surface area contributed by atoms with Crippen LogP contribution in [0, 0.1) is 11.8 Å². The molecule has 0 aromatic rings. The molecule has 1 rings (SSSR count). The quantitative estimate of drug-likeness (QED) is 0.631. The fourth-order valence-corrected chi connectivity index (χ4v) is 1.89. The van der Waals surface area contributed by atoms with E-state index in [4.69, 9.17) is 5.11 Å². The SMILES string of the molecule is COC(=O)[C@@H]1CCCC[C@H]1CO. The zero-order valence-electron chi connectivity index (χ0n) is 7.45. The Morgan fingerprint density at radius 1 is 1.50 bits per heavy atom. The lowest BCUT2D eigenvalue weighted by molar-refractivity contribution is -0.149. The first kappa shape index (κ1) is 9.52. The molecule has 0 aromatic carbocycles. The zero-order valence-corrected chi connectivity index (χ0v) is 7.45. The van der Waals surface area contributed by atoms with E-state index in [1.807, 2.05) is 0 Å². The summed E-state index contributed by atoms with van der Waals surface area (Å²) < 4.78 is 4.67. The zero-order chi connectivity index (χ0) is 8.97. The van der Waals surface area contributed by atoms with E-state index >= 15 is 0 Å². The number of carbonyl (C=O) groups is 1. The minimum atomic E-state index is -0.159. The third-order valence-corrected chi connectivity index (χ3v) is 2.65. The van der Waals surface area contributed by atoms with Crippen LogP contribution in [0.4, 0.5) is 0 Å². The van der Waals surface area contributed by atoms with Crippen LogP contribution in [0.15, 0.2) is 0 Å². The van der Waals surface area contributed by atoms with Crippen molar-refractivity contribution in [2.45, 2.75) is 25.7 Å². The number of hydrogen-bond donors (Lipinski definition) is 1. The summed E-state index contributed by atoms with van der Waals surface area (Å²) in [6, 6.07) is 0. The summed E-state index contributed by atoms with van der Waals surface area (Å²) in [6.07, 6.45) is 4.03. The molecule has 1 aliphatic rings. The number of esters is 1. The molecule has 0 spiro atoms. The maximum atomic E-state index is 11.2. The molecular weight excluding hydrogens is 156 g/mol. The van der Waals surface area contributed by atoms with Crippen molar-refractivity contribution in [3.8, 4) is 0 Å². The Morgan fingerprint density at radius 3 is 2.75 bits per heavy atom. The van der Waals surface area contributed by atoms with E-state index in [1.165, 1.54) is 7.11 Å². The molecule has 1 saturated carbocycles. The number of aliphatic hydroxyl groups excluding tert-OH is 1. The smallest absolute Gasteiger partial charge is 0.309 e. The Balaban J connectivity index is 2.52. The Morgan fingerprint density at radius 2 is 2.17 bits per heavy atom. The molecule has 3 nitrogen and oxygen atoms in total. The predicted molar refractivity (Wildman–Crippen MR) is 44.5 cm³/mol. The second-order valence-electron chi connectivity index (χ2n) is 3.36. The van der Waals surface area contributed by atoms with Crippen molar-refractivity contribution in [1.82, 2.24) is 0 Å². The van der Waals surface area contributed by atoms with Crippen LogP contribution in [0.3, 0.4) is 0 Å². The van der Waals surface area contributed by atoms with Gasteiger partial charge in [-0.3, -0.25) is 4.79 Å². The first-order chi connectivity index (χ1) is 5.79. The van der Waals surface area contributed by atoms with Gasteiger partial charge in [0.25, 0.3) is 0 Å². The lowest BCUT2D eigenvalue weighted by Gasteiger charge is -2.27. The molecular formula is C9H16O3. The standard InChI is InChI=1S/C9H16O3/c1-12-9(11)8-5-3-2-4-7(8)6-10/h7-8,10H,2-6H2,1H3/t7-,8+/m0/s1. The van der Waals surface area contributed by atoms with Crippen LogP contribution in [-0.2, 0) is 9.53 Å². The number of carbonyl (C=O) groups excluding carboxylic acids is 1. The highest BCUT2D eigenvalue weighted by Crippen LogP contribution is 2.30. The van der Waals surface area contributed by atoms with Crippen molar-refractivity contribution in [1.29, 1.82) is 0 Å². The first-order valence-electron chi connectivity index (χ1n) is 4.48. The lowest BCUT2D eigenvalue weighted by Crippen LogP contribution is -2.30. The summed E-state index contributed by atoms with van der Waals surface area (Å²) >= 11 is 0. The van der Waals surface area contributed by atoms with Gasteiger partial charge in [0, 0.05) is 6.61 Å². The van der Waals surface area contributed by atoms with Gasteiger partial charge in [-0.25, -0.2) is 0 Å². The molecule has 0 heterocycles. The molecule has 1 N–H and O–H groups in total. The summed E-state index contributed by atoms with van der Waals surface area (Å²) in [6.45, 7) is 0.111. The topological polar surface area (TPSA) is 46.5 Å². The van der Waals surface area contributed by atoms with Gasteiger partial charge in [0.2, 0.25) is 0 Å². The molecule has 0 aromatic heterocycles. The van der Waals surface area contributed by atoms with Crippen molar-refractivity contribution < 1.29 is 14.6 Å². The van der Waals surface area contributed by atoms with E-state index in [0.29, 0.717) is 0 Å². The minimum Gasteiger partial charge on any atom is -0.469 e. The number of methoxy groups -OCH3 is 1. The van der Waals surface area contributed by atoms with Crippen LogP contribution in [0.2, 0.25) is 0 Å². The van der Waals surface area contributed by atoms with Gasteiger partial charge in [-0.1, -0.05) is 12.8 Å². The molecule has 0 amide bonds. The molecule has 1 fully saturated rings. The Hall–Kier alpha value is -0.570. The summed E-state index contributed by atoms with van der Waals surface area (Å²) in [5.74, 6) is -0.0892.